The maximum atomic E-state index is 4.42. The minimum Gasteiger partial charge on any atom is -0.307 e. The molecule has 0 bridgehead atoms. The average molecular weight is 230 g/mol. The number of rotatable bonds is 5. The fourth-order valence-electron chi connectivity index (χ4n) is 1.86. The number of nitrogens with zero attached hydrogens (tertiary/aromatic N) is 3. The Morgan fingerprint density at radius 2 is 2.18 bits per heavy atom. The van der Waals surface area contributed by atoms with Crippen LogP contribution in [0.1, 0.15) is 23.9 Å². The van der Waals surface area contributed by atoms with Crippen molar-refractivity contribution in [2.24, 2.45) is 7.05 Å². The van der Waals surface area contributed by atoms with Crippen LogP contribution in [-0.4, -0.2) is 14.8 Å². The molecular weight excluding hydrogens is 212 g/mol. The van der Waals surface area contributed by atoms with Gasteiger partial charge in [0.1, 0.15) is 0 Å². The minimum absolute atomic E-state index is 0.791. The van der Waals surface area contributed by atoms with Gasteiger partial charge in [0.25, 0.3) is 0 Å². The van der Waals surface area contributed by atoms with Gasteiger partial charge in [0.2, 0.25) is 0 Å². The maximum absolute atomic E-state index is 4.42. The van der Waals surface area contributed by atoms with Gasteiger partial charge in [-0.2, -0.15) is 5.10 Å². The highest BCUT2D eigenvalue weighted by Gasteiger charge is 2.04. The zero-order valence-corrected chi connectivity index (χ0v) is 10.3. The van der Waals surface area contributed by atoms with E-state index in [2.05, 4.69) is 28.5 Å². The Labute approximate surface area is 102 Å². The molecule has 0 amide bonds. The Balaban J connectivity index is 1.90. The molecule has 2 rings (SSSR count). The summed E-state index contributed by atoms with van der Waals surface area (Å²) < 4.78 is 1.87. The van der Waals surface area contributed by atoms with Crippen molar-refractivity contribution in [2.75, 3.05) is 0 Å². The molecule has 0 radical (unpaired) electrons. The predicted molar refractivity (Wildman–Crippen MR) is 67.4 cm³/mol. The van der Waals surface area contributed by atoms with E-state index in [1.807, 2.05) is 36.1 Å². The number of nitrogens with one attached hydrogen (secondary N) is 1. The lowest BCUT2D eigenvalue weighted by Gasteiger charge is -2.03. The van der Waals surface area contributed by atoms with Crippen LogP contribution in [0.25, 0.3) is 0 Å². The van der Waals surface area contributed by atoms with Crippen LogP contribution >= 0.6 is 0 Å². The molecule has 4 nitrogen and oxygen atoms in total. The lowest BCUT2D eigenvalue weighted by molar-refractivity contribution is 0.675. The molecule has 2 aromatic rings. The Morgan fingerprint density at radius 1 is 1.29 bits per heavy atom. The zero-order valence-electron chi connectivity index (χ0n) is 10.3. The summed E-state index contributed by atoms with van der Waals surface area (Å²) in [5, 5.41) is 7.81. The smallest absolute Gasteiger partial charge is 0.0666 e. The number of pyridine rings is 1. The number of hydrogen-bond acceptors (Lipinski definition) is 3. The molecular formula is C13H18N4. The van der Waals surface area contributed by atoms with Crippen LogP contribution in [0.5, 0.6) is 0 Å². The second-order valence-electron chi connectivity index (χ2n) is 4.05. The van der Waals surface area contributed by atoms with Gasteiger partial charge >= 0.3 is 0 Å². The second kappa shape index (κ2) is 5.59. The third kappa shape index (κ3) is 3.14. The highest BCUT2D eigenvalue weighted by molar-refractivity contribution is 5.16. The summed E-state index contributed by atoms with van der Waals surface area (Å²) >= 11 is 0. The van der Waals surface area contributed by atoms with E-state index in [4.69, 9.17) is 0 Å². The Bertz CT molecular complexity index is 462. The topological polar surface area (TPSA) is 42.7 Å². The number of aryl methyl sites for hydroxylation is 2. The molecule has 0 aliphatic rings. The highest BCUT2D eigenvalue weighted by atomic mass is 15.3. The van der Waals surface area contributed by atoms with Crippen LogP contribution in [0.4, 0.5) is 0 Å². The average Bonchev–Trinajstić information content (AvgIpc) is 2.71. The first-order chi connectivity index (χ1) is 8.29. The molecule has 0 aromatic carbocycles. The van der Waals surface area contributed by atoms with E-state index < -0.39 is 0 Å². The fourth-order valence-corrected chi connectivity index (χ4v) is 1.86. The lowest BCUT2D eigenvalue weighted by atomic mass is 10.2. The largest absolute Gasteiger partial charge is 0.307 e. The number of hydrogen-bond donors (Lipinski definition) is 1. The Hall–Kier alpha value is -1.68. The zero-order chi connectivity index (χ0) is 12.1. The van der Waals surface area contributed by atoms with Crippen LogP contribution in [-0.2, 0) is 26.6 Å². The van der Waals surface area contributed by atoms with Gasteiger partial charge in [-0.1, -0.05) is 13.0 Å². The van der Waals surface area contributed by atoms with Gasteiger partial charge in [-0.15, -0.1) is 0 Å². The molecule has 0 fully saturated rings. The summed E-state index contributed by atoms with van der Waals surface area (Å²) in [6, 6.07) is 5.96. The van der Waals surface area contributed by atoms with E-state index in [0.29, 0.717) is 0 Å². The van der Waals surface area contributed by atoms with E-state index in [9.17, 15) is 0 Å². The van der Waals surface area contributed by atoms with Crippen molar-refractivity contribution in [3.8, 4) is 0 Å². The van der Waals surface area contributed by atoms with Crippen molar-refractivity contribution in [1.82, 2.24) is 20.1 Å². The molecule has 0 aliphatic carbocycles. The van der Waals surface area contributed by atoms with Crippen LogP contribution in [0, 0.1) is 0 Å². The first kappa shape index (κ1) is 11.8. The Morgan fingerprint density at radius 3 is 2.88 bits per heavy atom. The third-order valence-electron chi connectivity index (χ3n) is 2.67. The molecule has 0 saturated carbocycles. The molecule has 2 heterocycles. The van der Waals surface area contributed by atoms with E-state index in [0.717, 1.165) is 25.2 Å². The van der Waals surface area contributed by atoms with Gasteiger partial charge in [0, 0.05) is 38.1 Å². The molecule has 2 aromatic heterocycles. The molecule has 0 atom stereocenters. The van der Waals surface area contributed by atoms with Gasteiger partial charge in [-0.25, -0.2) is 0 Å². The summed E-state index contributed by atoms with van der Waals surface area (Å²) in [7, 11) is 1.96. The van der Waals surface area contributed by atoms with Crippen molar-refractivity contribution in [2.45, 2.75) is 26.4 Å². The van der Waals surface area contributed by atoms with Crippen LogP contribution in [0.3, 0.4) is 0 Å². The first-order valence-electron chi connectivity index (χ1n) is 5.91. The van der Waals surface area contributed by atoms with Crippen LogP contribution in [0.2, 0.25) is 0 Å². The second-order valence-corrected chi connectivity index (χ2v) is 4.05. The molecule has 1 N–H and O–H groups in total. The quantitative estimate of drug-likeness (QED) is 0.849. The van der Waals surface area contributed by atoms with Crippen molar-refractivity contribution < 1.29 is 0 Å². The van der Waals surface area contributed by atoms with Crippen LogP contribution < -0.4 is 5.32 Å². The molecule has 0 saturated heterocycles. The van der Waals surface area contributed by atoms with Gasteiger partial charge in [0.15, 0.2) is 0 Å². The highest BCUT2D eigenvalue weighted by Crippen LogP contribution is 2.06. The van der Waals surface area contributed by atoms with Crippen molar-refractivity contribution in [3.05, 3.63) is 47.5 Å². The van der Waals surface area contributed by atoms with Gasteiger partial charge < -0.3 is 5.32 Å². The summed E-state index contributed by atoms with van der Waals surface area (Å²) in [4.78, 5) is 4.27. The van der Waals surface area contributed by atoms with Crippen molar-refractivity contribution in [1.29, 1.82) is 0 Å². The van der Waals surface area contributed by atoms with E-state index in [1.165, 1.54) is 11.3 Å². The van der Waals surface area contributed by atoms with Crippen LogP contribution in [0.15, 0.2) is 30.6 Å². The molecule has 0 unspecified atom stereocenters. The van der Waals surface area contributed by atoms with E-state index >= 15 is 0 Å². The van der Waals surface area contributed by atoms with E-state index in [-0.39, 0.29) is 0 Å². The summed E-state index contributed by atoms with van der Waals surface area (Å²) in [5.74, 6) is 0. The minimum atomic E-state index is 0.791. The first-order valence-corrected chi connectivity index (χ1v) is 5.91. The normalized spacial score (nSPS) is 10.7. The summed E-state index contributed by atoms with van der Waals surface area (Å²) in [6.07, 6.45) is 4.87. The standard InChI is InChI=1S/C13H18N4/c1-3-13-11(10-17(2)16-13)8-14-9-12-6-4-5-7-15-12/h4-7,10,14H,3,8-9H2,1-2H3. The number of aromatic nitrogens is 3. The van der Waals surface area contributed by atoms with Gasteiger partial charge in [0.05, 0.1) is 11.4 Å². The molecule has 90 valence electrons. The fraction of sp³-hybridized carbons (Fsp3) is 0.385. The summed E-state index contributed by atoms with van der Waals surface area (Å²) in [5.41, 5.74) is 3.50. The predicted octanol–water partition coefficient (Wildman–Crippen LogP) is 1.67. The molecule has 0 spiro atoms. The molecule has 4 heteroatoms. The SMILES string of the molecule is CCc1nn(C)cc1CNCc1ccccn1. The van der Waals surface area contributed by atoms with Gasteiger partial charge in [-0.05, 0) is 18.6 Å². The monoisotopic (exact) mass is 230 g/mol. The molecule has 0 aliphatic heterocycles. The van der Waals surface area contributed by atoms with Gasteiger partial charge in [-0.3, -0.25) is 9.67 Å². The Kier molecular flexibility index (Phi) is 3.88. The molecule has 17 heavy (non-hydrogen) atoms. The summed E-state index contributed by atoms with van der Waals surface area (Å²) in [6.45, 7) is 3.76. The maximum Gasteiger partial charge on any atom is 0.0666 e. The van der Waals surface area contributed by atoms with E-state index in [1.54, 1.807) is 0 Å². The third-order valence-corrected chi connectivity index (χ3v) is 2.67. The van der Waals surface area contributed by atoms with Crippen molar-refractivity contribution in [3.63, 3.8) is 0 Å². The lowest BCUT2D eigenvalue weighted by Crippen LogP contribution is -2.14. The van der Waals surface area contributed by atoms with Crippen molar-refractivity contribution >= 4 is 0 Å².